The summed E-state index contributed by atoms with van der Waals surface area (Å²) in [5, 5.41) is 3.32. The highest BCUT2D eigenvalue weighted by Crippen LogP contribution is 2.16. The fraction of sp³-hybridized carbons (Fsp3) is 0.360. The largest absolute Gasteiger partial charge is 0.376 e. The number of aromatic nitrogens is 2. The summed E-state index contributed by atoms with van der Waals surface area (Å²) in [5.41, 5.74) is 1.92. The van der Waals surface area contributed by atoms with Crippen LogP contribution in [0.1, 0.15) is 41.0 Å². The number of fused-ring (bicyclic) bond motifs is 1. The average Bonchev–Trinajstić information content (AvgIpc) is 3.32. The quantitative estimate of drug-likeness (QED) is 0.551. The number of amides is 2. The Hall–Kier alpha value is -3.52. The minimum absolute atomic E-state index is 0.0389. The van der Waals surface area contributed by atoms with Crippen LogP contribution in [0.5, 0.6) is 0 Å². The van der Waals surface area contributed by atoms with Gasteiger partial charge in [0.1, 0.15) is 5.82 Å². The smallest absolute Gasteiger partial charge is 0.258 e. The minimum atomic E-state index is -0.231. The molecule has 33 heavy (non-hydrogen) atoms. The van der Waals surface area contributed by atoms with Crippen molar-refractivity contribution in [3.05, 3.63) is 75.8 Å². The highest BCUT2D eigenvalue weighted by molar-refractivity contribution is 5.94. The molecular weight excluding hydrogens is 420 g/mol. The van der Waals surface area contributed by atoms with Gasteiger partial charge in [-0.05, 0) is 44.0 Å². The molecule has 1 unspecified atom stereocenters. The van der Waals surface area contributed by atoms with E-state index in [1.165, 1.54) is 0 Å². The van der Waals surface area contributed by atoms with E-state index in [-0.39, 0.29) is 43.0 Å². The number of nitrogens with zero attached hydrogens (tertiary/aromatic N) is 2. The Morgan fingerprint density at radius 2 is 2.06 bits per heavy atom. The van der Waals surface area contributed by atoms with Gasteiger partial charge >= 0.3 is 0 Å². The van der Waals surface area contributed by atoms with E-state index in [9.17, 15) is 14.4 Å². The molecule has 2 amide bonds. The number of carbonyl (C=O) groups is 2. The molecule has 1 aromatic heterocycles. The lowest BCUT2D eigenvalue weighted by Crippen LogP contribution is -2.39. The van der Waals surface area contributed by atoms with Gasteiger partial charge < -0.3 is 19.9 Å². The van der Waals surface area contributed by atoms with Crippen molar-refractivity contribution in [2.75, 3.05) is 19.7 Å². The summed E-state index contributed by atoms with van der Waals surface area (Å²) < 4.78 is 5.72. The molecule has 2 heterocycles. The molecule has 172 valence electrons. The molecule has 0 radical (unpaired) electrons. The molecule has 1 fully saturated rings. The maximum atomic E-state index is 13.1. The van der Waals surface area contributed by atoms with E-state index < -0.39 is 0 Å². The Kier molecular flexibility index (Phi) is 7.14. The van der Waals surface area contributed by atoms with Crippen molar-refractivity contribution >= 4 is 22.7 Å². The van der Waals surface area contributed by atoms with Gasteiger partial charge in [-0.25, -0.2) is 4.98 Å². The van der Waals surface area contributed by atoms with E-state index in [0.29, 0.717) is 35.4 Å². The van der Waals surface area contributed by atoms with Gasteiger partial charge in [0.15, 0.2) is 0 Å². The van der Waals surface area contributed by atoms with Gasteiger partial charge in [0, 0.05) is 31.7 Å². The number of hydrogen-bond acceptors (Lipinski definition) is 5. The van der Waals surface area contributed by atoms with Gasteiger partial charge in [0.05, 0.1) is 23.6 Å². The van der Waals surface area contributed by atoms with Gasteiger partial charge in [-0.3, -0.25) is 14.4 Å². The predicted molar refractivity (Wildman–Crippen MR) is 125 cm³/mol. The highest BCUT2D eigenvalue weighted by atomic mass is 16.5. The van der Waals surface area contributed by atoms with Crippen LogP contribution in [0.15, 0.2) is 53.3 Å². The fourth-order valence-electron chi connectivity index (χ4n) is 4.01. The van der Waals surface area contributed by atoms with Crippen LogP contribution in [0.3, 0.4) is 0 Å². The van der Waals surface area contributed by atoms with Crippen LogP contribution < -0.4 is 10.9 Å². The fourth-order valence-corrected chi connectivity index (χ4v) is 4.01. The number of H-pyrrole nitrogens is 1. The molecule has 4 rings (SSSR count). The topological polar surface area (TPSA) is 104 Å². The van der Waals surface area contributed by atoms with E-state index in [2.05, 4.69) is 15.3 Å². The summed E-state index contributed by atoms with van der Waals surface area (Å²) in [7, 11) is 0. The Morgan fingerprint density at radius 3 is 2.85 bits per heavy atom. The maximum absolute atomic E-state index is 13.1. The highest BCUT2D eigenvalue weighted by Gasteiger charge is 2.23. The van der Waals surface area contributed by atoms with Crippen LogP contribution in [0.2, 0.25) is 0 Å². The third kappa shape index (κ3) is 5.84. The van der Waals surface area contributed by atoms with Crippen LogP contribution in [-0.2, 0) is 16.1 Å². The first-order chi connectivity index (χ1) is 16.0. The molecule has 2 aromatic carbocycles. The van der Waals surface area contributed by atoms with E-state index in [1.54, 1.807) is 29.2 Å². The van der Waals surface area contributed by atoms with E-state index in [4.69, 9.17) is 4.74 Å². The zero-order valence-electron chi connectivity index (χ0n) is 18.7. The molecule has 1 saturated heterocycles. The number of rotatable bonds is 8. The molecule has 0 bridgehead atoms. The standard InChI is InChI=1S/C25H28N4O4/c1-17-6-4-7-18(14-17)24(31)26-12-11-23(30)29(15-19-8-5-13-33-19)16-22-27-21-10-3-2-9-20(21)25(32)28-22/h2-4,6-7,9-10,14,19H,5,8,11-13,15-16H2,1H3,(H,26,31)(H,27,28,32). The molecule has 0 aliphatic carbocycles. The van der Waals surface area contributed by atoms with Crippen molar-refractivity contribution in [3.8, 4) is 0 Å². The van der Waals surface area contributed by atoms with Crippen molar-refractivity contribution in [1.29, 1.82) is 0 Å². The van der Waals surface area contributed by atoms with Gasteiger partial charge in [0.25, 0.3) is 11.5 Å². The third-order valence-corrected chi connectivity index (χ3v) is 5.71. The van der Waals surface area contributed by atoms with Crippen LogP contribution in [0.4, 0.5) is 0 Å². The van der Waals surface area contributed by atoms with E-state index >= 15 is 0 Å². The van der Waals surface area contributed by atoms with Crippen molar-refractivity contribution in [3.63, 3.8) is 0 Å². The molecule has 1 atom stereocenters. The monoisotopic (exact) mass is 448 g/mol. The molecule has 3 aromatic rings. The van der Waals surface area contributed by atoms with Crippen molar-refractivity contribution in [2.24, 2.45) is 0 Å². The molecule has 1 aliphatic rings. The Balaban J connectivity index is 1.43. The lowest BCUT2D eigenvalue weighted by atomic mass is 10.1. The number of ether oxygens (including phenoxy) is 1. The second kappa shape index (κ2) is 10.4. The number of benzene rings is 2. The zero-order chi connectivity index (χ0) is 23.2. The Morgan fingerprint density at radius 1 is 1.21 bits per heavy atom. The second-order valence-electron chi connectivity index (χ2n) is 8.31. The first-order valence-electron chi connectivity index (χ1n) is 11.2. The molecule has 0 spiro atoms. The van der Waals surface area contributed by atoms with Gasteiger partial charge in [0.2, 0.25) is 5.91 Å². The first kappa shape index (κ1) is 22.7. The van der Waals surface area contributed by atoms with E-state index in [0.717, 1.165) is 18.4 Å². The average molecular weight is 449 g/mol. The maximum Gasteiger partial charge on any atom is 0.258 e. The Labute approximate surface area is 192 Å². The summed E-state index contributed by atoms with van der Waals surface area (Å²) in [5.74, 6) is 0.0809. The van der Waals surface area contributed by atoms with Crippen LogP contribution in [0.25, 0.3) is 10.9 Å². The summed E-state index contributed by atoms with van der Waals surface area (Å²) in [6, 6.07) is 14.4. The number of aryl methyl sites for hydroxylation is 1. The summed E-state index contributed by atoms with van der Waals surface area (Å²) >= 11 is 0. The van der Waals surface area contributed by atoms with Crippen molar-refractivity contribution in [2.45, 2.75) is 38.8 Å². The zero-order valence-corrected chi connectivity index (χ0v) is 18.7. The van der Waals surface area contributed by atoms with Gasteiger partial charge in [-0.2, -0.15) is 0 Å². The van der Waals surface area contributed by atoms with Crippen LogP contribution in [-0.4, -0.2) is 52.5 Å². The van der Waals surface area contributed by atoms with Gasteiger partial charge in [-0.1, -0.05) is 29.8 Å². The third-order valence-electron chi connectivity index (χ3n) is 5.71. The molecule has 2 N–H and O–H groups in total. The van der Waals surface area contributed by atoms with Crippen LogP contribution in [0, 0.1) is 6.92 Å². The molecule has 0 saturated carbocycles. The van der Waals surface area contributed by atoms with Crippen molar-refractivity contribution < 1.29 is 14.3 Å². The SMILES string of the molecule is Cc1cccc(C(=O)NCCC(=O)N(Cc2nc3ccccc3c(=O)[nH]2)CC2CCCO2)c1. The first-order valence-corrected chi connectivity index (χ1v) is 11.2. The second-order valence-corrected chi connectivity index (χ2v) is 8.31. The number of para-hydroxylation sites is 1. The molecule has 1 aliphatic heterocycles. The number of carbonyl (C=O) groups excluding carboxylic acids is 2. The van der Waals surface area contributed by atoms with Crippen molar-refractivity contribution in [1.82, 2.24) is 20.2 Å². The lowest BCUT2D eigenvalue weighted by molar-refractivity contribution is -0.133. The lowest BCUT2D eigenvalue weighted by Gasteiger charge is -2.25. The molecular formula is C25H28N4O4. The number of aromatic amines is 1. The minimum Gasteiger partial charge on any atom is -0.376 e. The number of nitrogens with one attached hydrogen (secondary N) is 2. The van der Waals surface area contributed by atoms with Crippen LogP contribution >= 0.6 is 0 Å². The van der Waals surface area contributed by atoms with E-state index in [1.807, 2.05) is 31.2 Å². The summed E-state index contributed by atoms with van der Waals surface area (Å²) in [4.78, 5) is 46.8. The van der Waals surface area contributed by atoms with Gasteiger partial charge in [-0.15, -0.1) is 0 Å². The Bertz CT molecular complexity index is 1200. The predicted octanol–water partition coefficient (Wildman–Crippen LogP) is 2.56. The normalized spacial score (nSPS) is 15.5. The molecule has 8 heteroatoms. The molecule has 8 nitrogen and oxygen atoms in total. The summed E-state index contributed by atoms with van der Waals surface area (Å²) in [6.45, 7) is 3.42. The number of hydrogen-bond donors (Lipinski definition) is 2. The summed E-state index contributed by atoms with van der Waals surface area (Å²) in [6.07, 6.45) is 1.95.